The summed E-state index contributed by atoms with van der Waals surface area (Å²) >= 11 is 0. The van der Waals surface area contributed by atoms with Crippen LogP contribution in [0.3, 0.4) is 0 Å². The van der Waals surface area contributed by atoms with Crippen LogP contribution in [0.2, 0.25) is 0 Å². The molecule has 86 valence electrons. The van der Waals surface area contributed by atoms with Crippen LogP contribution in [-0.4, -0.2) is 6.29 Å². The number of hydrogen-bond acceptors (Lipinski definition) is 1. The van der Waals surface area contributed by atoms with Gasteiger partial charge in [-0.15, -0.1) is 0 Å². The Kier molecular flexibility index (Phi) is 2.29. The van der Waals surface area contributed by atoms with Crippen molar-refractivity contribution in [3.63, 3.8) is 0 Å². The monoisotopic (exact) mass is 232 g/mol. The fourth-order valence-electron chi connectivity index (χ4n) is 1.77. The summed E-state index contributed by atoms with van der Waals surface area (Å²) in [5, 5.41) is 0. The van der Waals surface area contributed by atoms with Gasteiger partial charge in [-0.2, -0.15) is 13.2 Å². The third-order valence-corrected chi connectivity index (χ3v) is 2.84. The van der Waals surface area contributed by atoms with Crippen molar-refractivity contribution in [2.75, 3.05) is 0 Å². The van der Waals surface area contributed by atoms with E-state index in [9.17, 15) is 22.4 Å². The highest BCUT2D eigenvalue weighted by atomic mass is 19.4. The van der Waals surface area contributed by atoms with Gasteiger partial charge in [0.1, 0.15) is 12.1 Å². The molecule has 0 heterocycles. The molecule has 0 aromatic heterocycles. The molecule has 0 atom stereocenters. The average Bonchev–Trinajstić information content (AvgIpc) is 2.97. The van der Waals surface area contributed by atoms with Crippen LogP contribution in [-0.2, 0) is 16.4 Å². The lowest BCUT2D eigenvalue weighted by Gasteiger charge is -2.16. The molecule has 0 unspecified atom stereocenters. The van der Waals surface area contributed by atoms with Crippen LogP contribution in [0.4, 0.5) is 17.6 Å². The maximum atomic E-state index is 12.8. The van der Waals surface area contributed by atoms with Gasteiger partial charge in [0.15, 0.2) is 0 Å². The Morgan fingerprint density at radius 1 is 1.25 bits per heavy atom. The van der Waals surface area contributed by atoms with Gasteiger partial charge >= 0.3 is 6.18 Å². The molecule has 16 heavy (non-hydrogen) atoms. The smallest absolute Gasteiger partial charge is 0.302 e. The van der Waals surface area contributed by atoms with E-state index in [1.165, 1.54) is 0 Å². The van der Waals surface area contributed by atoms with E-state index in [2.05, 4.69) is 0 Å². The van der Waals surface area contributed by atoms with E-state index in [0.29, 0.717) is 25.2 Å². The van der Waals surface area contributed by atoms with Crippen LogP contribution in [0.25, 0.3) is 0 Å². The highest BCUT2D eigenvalue weighted by molar-refractivity contribution is 5.74. The van der Waals surface area contributed by atoms with E-state index < -0.39 is 23.0 Å². The number of benzene rings is 1. The molecule has 2 rings (SSSR count). The fraction of sp³-hybridized carbons (Fsp3) is 0.364. The summed E-state index contributed by atoms with van der Waals surface area (Å²) in [6.45, 7) is 0. The summed E-state index contributed by atoms with van der Waals surface area (Å²) in [5.41, 5.74) is -2.20. The number of alkyl halides is 3. The molecule has 1 saturated carbocycles. The van der Waals surface area contributed by atoms with Crippen LogP contribution >= 0.6 is 0 Å². The summed E-state index contributed by atoms with van der Waals surface area (Å²) in [6.07, 6.45) is -3.32. The molecule has 1 aliphatic rings. The second-order valence-corrected chi connectivity index (χ2v) is 3.96. The Balaban J connectivity index is 2.57. The maximum Gasteiger partial charge on any atom is 0.416 e. The first-order chi connectivity index (χ1) is 7.39. The van der Waals surface area contributed by atoms with Crippen LogP contribution in [0.5, 0.6) is 0 Å². The zero-order chi connectivity index (χ0) is 12.0. The van der Waals surface area contributed by atoms with E-state index >= 15 is 0 Å². The molecule has 1 nitrogen and oxygen atoms in total. The molecular weight excluding hydrogens is 224 g/mol. The largest absolute Gasteiger partial charge is 0.416 e. The standard InChI is InChI=1S/C11H8F4O/c12-7-1-2-8(10(6-16)3-4-10)9(5-7)11(13,14)15/h1-2,5-6H,3-4H2. The zero-order valence-electron chi connectivity index (χ0n) is 8.14. The van der Waals surface area contributed by atoms with E-state index in [4.69, 9.17) is 0 Å². The Bertz CT molecular complexity index is 432. The number of rotatable bonds is 2. The molecule has 1 aromatic rings. The quantitative estimate of drug-likeness (QED) is 0.565. The van der Waals surface area contributed by atoms with Crippen molar-refractivity contribution in [3.8, 4) is 0 Å². The van der Waals surface area contributed by atoms with Crippen LogP contribution in [0.15, 0.2) is 18.2 Å². The van der Waals surface area contributed by atoms with Gasteiger partial charge in [0.2, 0.25) is 0 Å². The van der Waals surface area contributed by atoms with Crippen LogP contribution in [0, 0.1) is 5.82 Å². The lowest BCUT2D eigenvalue weighted by atomic mass is 9.92. The molecule has 1 aliphatic carbocycles. The van der Waals surface area contributed by atoms with Crippen molar-refractivity contribution in [2.45, 2.75) is 24.4 Å². The predicted molar refractivity (Wildman–Crippen MR) is 48.4 cm³/mol. The minimum Gasteiger partial charge on any atom is -0.302 e. The van der Waals surface area contributed by atoms with E-state index in [1.54, 1.807) is 0 Å². The summed E-state index contributed by atoms with van der Waals surface area (Å²) < 4.78 is 50.7. The first-order valence-corrected chi connectivity index (χ1v) is 4.73. The molecule has 0 N–H and O–H groups in total. The Hall–Kier alpha value is -1.39. The molecular formula is C11H8F4O. The summed E-state index contributed by atoms with van der Waals surface area (Å²) in [7, 11) is 0. The summed E-state index contributed by atoms with van der Waals surface area (Å²) in [6, 6.07) is 2.45. The third kappa shape index (κ3) is 1.70. The minimum absolute atomic E-state index is 0.114. The van der Waals surface area contributed by atoms with E-state index in [0.717, 1.165) is 12.1 Å². The van der Waals surface area contributed by atoms with Gasteiger partial charge in [-0.1, -0.05) is 6.07 Å². The Morgan fingerprint density at radius 3 is 2.31 bits per heavy atom. The first-order valence-electron chi connectivity index (χ1n) is 4.73. The molecule has 0 saturated heterocycles. The Labute approximate surface area is 89.1 Å². The van der Waals surface area contributed by atoms with Gasteiger partial charge in [-0.05, 0) is 30.5 Å². The molecule has 0 bridgehead atoms. The van der Waals surface area contributed by atoms with Crippen molar-refractivity contribution in [3.05, 3.63) is 35.1 Å². The average molecular weight is 232 g/mol. The maximum absolute atomic E-state index is 12.8. The number of hydrogen-bond donors (Lipinski definition) is 0. The van der Waals surface area contributed by atoms with E-state index in [1.807, 2.05) is 0 Å². The molecule has 0 amide bonds. The summed E-state index contributed by atoms with van der Waals surface area (Å²) in [4.78, 5) is 10.8. The normalized spacial score (nSPS) is 18.2. The lowest BCUT2D eigenvalue weighted by molar-refractivity contribution is -0.138. The van der Waals surface area contributed by atoms with Crippen LogP contribution in [0.1, 0.15) is 24.0 Å². The van der Waals surface area contributed by atoms with Gasteiger partial charge < -0.3 is 4.79 Å². The number of carbonyl (C=O) groups excluding carboxylic acids is 1. The predicted octanol–water partition coefficient (Wildman–Crippen LogP) is 3.08. The van der Waals surface area contributed by atoms with Crippen molar-refractivity contribution in [1.82, 2.24) is 0 Å². The van der Waals surface area contributed by atoms with Gasteiger partial charge in [0.05, 0.1) is 11.0 Å². The molecule has 5 heteroatoms. The van der Waals surface area contributed by atoms with Crippen molar-refractivity contribution in [2.24, 2.45) is 0 Å². The van der Waals surface area contributed by atoms with Crippen molar-refractivity contribution >= 4 is 6.29 Å². The SMILES string of the molecule is O=CC1(c2ccc(F)cc2C(F)(F)F)CC1. The molecule has 1 aromatic carbocycles. The van der Waals surface area contributed by atoms with Gasteiger partial charge in [-0.3, -0.25) is 0 Å². The number of aldehydes is 1. The molecule has 0 radical (unpaired) electrons. The second-order valence-electron chi connectivity index (χ2n) is 3.96. The highest BCUT2D eigenvalue weighted by Crippen LogP contribution is 2.50. The summed E-state index contributed by atoms with van der Waals surface area (Å²) in [5.74, 6) is -0.947. The second kappa shape index (κ2) is 3.30. The lowest BCUT2D eigenvalue weighted by Crippen LogP contribution is -2.17. The van der Waals surface area contributed by atoms with Crippen LogP contribution < -0.4 is 0 Å². The molecule has 0 spiro atoms. The topological polar surface area (TPSA) is 17.1 Å². The minimum atomic E-state index is -4.63. The van der Waals surface area contributed by atoms with Crippen molar-refractivity contribution in [1.29, 1.82) is 0 Å². The van der Waals surface area contributed by atoms with Gasteiger partial charge in [0.25, 0.3) is 0 Å². The Morgan fingerprint density at radius 2 is 1.88 bits per heavy atom. The molecule has 1 fully saturated rings. The molecule has 0 aliphatic heterocycles. The van der Waals surface area contributed by atoms with Gasteiger partial charge in [-0.25, -0.2) is 4.39 Å². The number of carbonyl (C=O) groups is 1. The van der Waals surface area contributed by atoms with Crippen molar-refractivity contribution < 1.29 is 22.4 Å². The van der Waals surface area contributed by atoms with E-state index in [-0.39, 0.29) is 5.56 Å². The highest BCUT2D eigenvalue weighted by Gasteiger charge is 2.49. The first kappa shape index (κ1) is 11.1. The third-order valence-electron chi connectivity index (χ3n) is 2.84. The number of halogens is 4. The fourth-order valence-corrected chi connectivity index (χ4v) is 1.77. The van der Waals surface area contributed by atoms with Gasteiger partial charge in [0, 0.05) is 0 Å². The zero-order valence-corrected chi connectivity index (χ0v) is 8.14.